The normalized spacial score (nSPS) is 9.82. The van der Waals surface area contributed by atoms with Gasteiger partial charge in [-0.3, -0.25) is 4.98 Å². The number of benzene rings is 2. The van der Waals surface area contributed by atoms with E-state index in [1.54, 1.807) is 31.9 Å². The van der Waals surface area contributed by atoms with Crippen LogP contribution < -0.4 is 4.31 Å². The number of pyridine rings is 1. The summed E-state index contributed by atoms with van der Waals surface area (Å²) in [5.41, 5.74) is 2.04. The first-order valence-electron chi connectivity index (χ1n) is 8.67. The van der Waals surface area contributed by atoms with Crippen LogP contribution in [0.15, 0.2) is 59.6 Å². The van der Waals surface area contributed by atoms with Crippen molar-refractivity contribution in [2.24, 2.45) is 0 Å². The minimum Gasteiger partial charge on any atom is -0.397 e. The number of anilines is 1. The molecule has 3 rings (SSSR count). The molecule has 0 fully saturated rings. The zero-order valence-electron chi connectivity index (χ0n) is 15.8. The van der Waals surface area contributed by atoms with Crippen LogP contribution in [0.3, 0.4) is 0 Å². The summed E-state index contributed by atoms with van der Waals surface area (Å²) in [4.78, 5) is 5.50. The number of aromatic nitrogens is 1. The van der Waals surface area contributed by atoms with E-state index in [1.165, 1.54) is 0 Å². The molecule has 0 bridgehead atoms. The van der Waals surface area contributed by atoms with Crippen molar-refractivity contribution in [1.82, 2.24) is 4.98 Å². The van der Waals surface area contributed by atoms with Gasteiger partial charge in [-0.1, -0.05) is 41.4 Å². The molecule has 0 aliphatic heterocycles. The number of hydrogen-bond donors (Lipinski definition) is 2. The maximum atomic E-state index is 7.57. The van der Waals surface area contributed by atoms with E-state index in [2.05, 4.69) is 36.7 Å². The van der Waals surface area contributed by atoms with Gasteiger partial charge in [0.2, 0.25) is 0 Å². The van der Waals surface area contributed by atoms with Crippen LogP contribution in [0.1, 0.15) is 13.8 Å². The highest BCUT2D eigenvalue weighted by Gasteiger charge is 2.12. The molecule has 0 spiro atoms. The quantitative estimate of drug-likeness (QED) is 0.377. The Morgan fingerprint density at radius 2 is 1.57 bits per heavy atom. The molecule has 0 saturated carbocycles. The zero-order chi connectivity index (χ0) is 20.9. The molecule has 1 heterocycles. The molecule has 1 aromatic heterocycles. The van der Waals surface area contributed by atoms with Crippen LogP contribution in [0.25, 0.3) is 10.9 Å². The number of aliphatic hydroxyl groups is 2. The molecule has 0 saturated heterocycles. The molecule has 2 N–H and O–H groups in total. The Kier molecular flexibility index (Phi) is 12.5. The number of aliphatic hydroxyl groups excluding tert-OH is 2. The fraction of sp³-hybridized carbons (Fsp3) is 0.250. The predicted octanol–water partition coefficient (Wildman–Crippen LogP) is 5.89. The van der Waals surface area contributed by atoms with E-state index in [-0.39, 0.29) is 13.2 Å². The summed E-state index contributed by atoms with van der Waals surface area (Å²) >= 11 is 13.8. The molecule has 0 amide bonds. The molecule has 2 aromatic carbocycles. The molecule has 1 unspecified atom stereocenters. The predicted molar refractivity (Wildman–Crippen MR) is 127 cm³/mol. The average molecular weight is 459 g/mol. The lowest BCUT2D eigenvalue weighted by atomic mass is 10.2. The number of hydrogen-bond acceptors (Lipinski definition) is 5. The van der Waals surface area contributed by atoms with Gasteiger partial charge in [-0.2, -0.15) is 0 Å². The lowest BCUT2D eigenvalue weighted by Crippen LogP contribution is -2.11. The van der Waals surface area contributed by atoms with Gasteiger partial charge in [-0.25, -0.2) is 0 Å². The highest BCUT2D eigenvalue weighted by atomic mass is 35.5. The third-order valence-electron chi connectivity index (χ3n) is 3.10. The maximum Gasteiger partial charge on any atom is 0.0943 e. The van der Waals surface area contributed by atoms with Crippen LogP contribution in [-0.4, -0.2) is 34.7 Å². The highest BCUT2D eigenvalue weighted by molar-refractivity contribution is 8.00. The third kappa shape index (κ3) is 8.12. The Balaban J connectivity index is 0.000000582. The van der Waals surface area contributed by atoms with E-state index in [4.69, 9.17) is 33.4 Å². The zero-order valence-corrected chi connectivity index (χ0v) is 19.3. The van der Waals surface area contributed by atoms with Gasteiger partial charge in [0.15, 0.2) is 0 Å². The minimum atomic E-state index is 0.250. The summed E-state index contributed by atoms with van der Waals surface area (Å²) < 4.78 is 2.15. The van der Waals surface area contributed by atoms with Crippen molar-refractivity contribution in [2.45, 2.75) is 18.7 Å². The van der Waals surface area contributed by atoms with Crippen molar-refractivity contribution in [3.05, 3.63) is 64.8 Å². The Labute approximate surface area is 183 Å². The molecule has 8 heteroatoms. The van der Waals surface area contributed by atoms with E-state index in [0.29, 0.717) is 10.0 Å². The first-order valence-corrected chi connectivity index (χ1v) is 11.0. The van der Waals surface area contributed by atoms with Gasteiger partial charge < -0.3 is 14.5 Å². The van der Waals surface area contributed by atoms with Crippen LogP contribution >= 0.6 is 44.4 Å². The number of para-hydroxylation sites is 1. The fourth-order valence-corrected chi connectivity index (χ4v) is 4.19. The number of rotatable bonds is 4. The molecule has 0 aliphatic carbocycles. The monoisotopic (exact) mass is 458 g/mol. The van der Waals surface area contributed by atoms with Crippen LogP contribution in [-0.2, 0) is 0 Å². The Bertz CT molecular complexity index is 828. The van der Waals surface area contributed by atoms with Crippen LogP contribution in [0.2, 0.25) is 10.0 Å². The Morgan fingerprint density at radius 1 is 1.00 bits per heavy atom. The summed E-state index contributed by atoms with van der Waals surface area (Å²) in [6.45, 7) is 3.86. The Hall–Kier alpha value is -1.07. The summed E-state index contributed by atoms with van der Waals surface area (Å²) in [7, 11) is 2.75. The highest BCUT2D eigenvalue weighted by Crippen LogP contribution is 2.35. The molecule has 1 atom stereocenters. The smallest absolute Gasteiger partial charge is 0.0943 e. The van der Waals surface area contributed by atoms with Gasteiger partial charge in [0.1, 0.15) is 0 Å². The van der Waals surface area contributed by atoms with Gasteiger partial charge in [0, 0.05) is 46.0 Å². The average Bonchev–Trinajstić information content (AvgIpc) is 2.66. The van der Waals surface area contributed by atoms with Crippen molar-refractivity contribution in [2.75, 3.05) is 23.8 Å². The molecule has 28 heavy (non-hydrogen) atoms. The molecule has 3 aromatic rings. The number of nitrogens with zero attached hydrogens (tertiary/aromatic N) is 2. The van der Waals surface area contributed by atoms with Crippen LogP contribution in [0.4, 0.5) is 5.69 Å². The third-order valence-corrected chi connectivity index (χ3v) is 5.18. The summed E-state index contributed by atoms with van der Waals surface area (Å²) in [5, 5.41) is 17.5. The summed E-state index contributed by atoms with van der Waals surface area (Å²) in [6.07, 6.45) is 2.57. The maximum absolute atomic E-state index is 7.57. The lowest BCUT2D eigenvalue weighted by molar-refractivity contribution is 0.318. The molecule has 152 valence electrons. The van der Waals surface area contributed by atoms with E-state index < -0.39 is 0 Å². The van der Waals surface area contributed by atoms with E-state index in [0.717, 1.165) is 27.8 Å². The second kappa shape index (κ2) is 14.0. The molecule has 0 radical (unpaired) electrons. The van der Waals surface area contributed by atoms with Gasteiger partial charge in [0.05, 0.1) is 11.2 Å². The summed E-state index contributed by atoms with van der Waals surface area (Å²) in [5.74, 6) is 0. The van der Waals surface area contributed by atoms with Gasteiger partial charge in [0.25, 0.3) is 0 Å². The van der Waals surface area contributed by atoms with Crippen molar-refractivity contribution in [3.63, 3.8) is 0 Å². The first kappa shape index (κ1) is 25.0. The van der Waals surface area contributed by atoms with Crippen molar-refractivity contribution < 1.29 is 10.2 Å². The second-order valence-electron chi connectivity index (χ2n) is 5.24. The number of halogens is 2. The second-order valence-corrected chi connectivity index (χ2v) is 7.57. The largest absolute Gasteiger partial charge is 0.397 e. The van der Waals surface area contributed by atoms with E-state index >= 15 is 0 Å². The molecule has 0 aliphatic rings. The Morgan fingerprint density at radius 3 is 2.14 bits per heavy atom. The lowest BCUT2D eigenvalue weighted by Gasteiger charge is -2.22. The van der Waals surface area contributed by atoms with Crippen molar-refractivity contribution in [1.29, 1.82) is 0 Å². The van der Waals surface area contributed by atoms with Crippen LogP contribution in [0, 0.1) is 0 Å². The van der Waals surface area contributed by atoms with Crippen molar-refractivity contribution >= 4 is 61.0 Å². The standard InChI is InChI=1S/C16H13Cl2N2PS.2C2H6O/c17-12-7-13(18)9-14(8-12)22-20(10-21)15-5-1-3-11-4-2-6-19-16(11)15;2*1-2-3/h1-9H,10,21H2;2*3H,2H2,1H3. The van der Waals surface area contributed by atoms with Gasteiger partial charge in [-0.15, -0.1) is 9.24 Å². The molecular weight excluding hydrogens is 434 g/mol. The van der Waals surface area contributed by atoms with E-state index in [1.807, 2.05) is 30.5 Å². The van der Waals surface area contributed by atoms with Gasteiger partial charge >= 0.3 is 0 Å². The summed E-state index contributed by atoms with van der Waals surface area (Å²) in [6, 6.07) is 15.7. The SMILES string of the molecule is CCO.CCO.PCN(Sc1cc(Cl)cc(Cl)c1)c1cccc2cccnc12. The molecular formula is C20H25Cl2N2O2PS. The van der Waals surface area contributed by atoms with Crippen LogP contribution in [0.5, 0.6) is 0 Å². The minimum absolute atomic E-state index is 0.250. The molecule has 4 nitrogen and oxygen atoms in total. The van der Waals surface area contributed by atoms with Gasteiger partial charge in [-0.05, 0) is 56.1 Å². The van der Waals surface area contributed by atoms with Crippen molar-refractivity contribution in [3.8, 4) is 0 Å². The van der Waals surface area contributed by atoms with E-state index in [9.17, 15) is 0 Å². The topological polar surface area (TPSA) is 56.6 Å². The fourth-order valence-electron chi connectivity index (χ4n) is 2.18. The number of fused-ring (bicyclic) bond motifs is 1. The first-order chi connectivity index (χ1) is 13.5.